The second-order valence-electron chi connectivity index (χ2n) is 5.35. The number of hydrogen-bond donors (Lipinski definition) is 1. The summed E-state index contributed by atoms with van der Waals surface area (Å²) in [5.74, 6) is 0.899. The average Bonchev–Trinajstić information content (AvgIpc) is 2.39. The van der Waals surface area contributed by atoms with Gasteiger partial charge in [-0.25, -0.2) is 0 Å². The smallest absolute Gasteiger partial charge is 0.0681 e. The van der Waals surface area contributed by atoms with Crippen molar-refractivity contribution < 1.29 is 5.11 Å². The molecule has 94 valence electrons. The zero-order chi connectivity index (χ0) is 12.3. The first-order valence-electron chi connectivity index (χ1n) is 6.63. The van der Waals surface area contributed by atoms with Crippen LogP contribution in [-0.4, -0.2) is 18.2 Å². The van der Waals surface area contributed by atoms with E-state index in [-0.39, 0.29) is 6.61 Å². The van der Waals surface area contributed by atoms with Crippen LogP contribution in [0.3, 0.4) is 0 Å². The van der Waals surface area contributed by atoms with Crippen molar-refractivity contribution in [2.75, 3.05) is 11.9 Å². The lowest BCUT2D eigenvalue weighted by Gasteiger charge is -2.35. The Hall–Kier alpha value is -1.02. The van der Waals surface area contributed by atoms with Crippen LogP contribution in [0.2, 0.25) is 0 Å². The minimum absolute atomic E-state index is 0.130. The highest BCUT2D eigenvalue weighted by atomic mass is 16.3. The normalized spacial score (nSPS) is 24.6. The van der Waals surface area contributed by atoms with Crippen LogP contribution in [-0.2, 0) is 6.61 Å². The molecule has 0 bridgehead atoms. The summed E-state index contributed by atoms with van der Waals surface area (Å²) >= 11 is 0. The Kier molecular flexibility index (Phi) is 4.06. The Bertz CT molecular complexity index is 338. The molecule has 0 aromatic heterocycles. The van der Waals surface area contributed by atoms with Crippen molar-refractivity contribution in [2.24, 2.45) is 5.92 Å². The van der Waals surface area contributed by atoms with E-state index in [4.69, 9.17) is 5.11 Å². The molecule has 1 aliphatic carbocycles. The average molecular weight is 233 g/mol. The molecule has 0 spiro atoms. The SMILES string of the molecule is CC1CCC(N(C)c2ccc(CO)cc2)CC1. The molecule has 0 radical (unpaired) electrons. The van der Waals surface area contributed by atoms with Crippen molar-refractivity contribution in [3.8, 4) is 0 Å². The highest BCUT2D eigenvalue weighted by Crippen LogP contribution is 2.29. The summed E-state index contributed by atoms with van der Waals surface area (Å²) in [5, 5.41) is 9.03. The molecule has 1 aromatic rings. The summed E-state index contributed by atoms with van der Waals surface area (Å²) in [6.07, 6.45) is 5.31. The zero-order valence-electron chi connectivity index (χ0n) is 10.9. The van der Waals surface area contributed by atoms with Crippen LogP contribution >= 0.6 is 0 Å². The minimum Gasteiger partial charge on any atom is -0.392 e. The van der Waals surface area contributed by atoms with E-state index >= 15 is 0 Å². The molecule has 0 atom stereocenters. The summed E-state index contributed by atoms with van der Waals surface area (Å²) in [6.45, 7) is 2.48. The zero-order valence-corrected chi connectivity index (χ0v) is 10.9. The molecule has 1 N–H and O–H groups in total. The van der Waals surface area contributed by atoms with Crippen molar-refractivity contribution >= 4 is 5.69 Å². The van der Waals surface area contributed by atoms with Crippen molar-refractivity contribution in [3.63, 3.8) is 0 Å². The summed E-state index contributed by atoms with van der Waals surface area (Å²) in [6, 6.07) is 8.94. The minimum atomic E-state index is 0.130. The molecule has 0 aliphatic heterocycles. The molecule has 1 saturated carbocycles. The predicted molar refractivity (Wildman–Crippen MR) is 72.2 cm³/mol. The van der Waals surface area contributed by atoms with E-state index in [0.29, 0.717) is 6.04 Å². The van der Waals surface area contributed by atoms with Gasteiger partial charge in [-0.05, 0) is 49.3 Å². The van der Waals surface area contributed by atoms with Gasteiger partial charge in [0.1, 0.15) is 0 Å². The second kappa shape index (κ2) is 5.54. The maximum atomic E-state index is 9.03. The van der Waals surface area contributed by atoms with Crippen LogP contribution < -0.4 is 4.90 Å². The van der Waals surface area contributed by atoms with Gasteiger partial charge in [0.15, 0.2) is 0 Å². The molecule has 1 fully saturated rings. The van der Waals surface area contributed by atoms with Crippen molar-refractivity contribution in [3.05, 3.63) is 29.8 Å². The largest absolute Gasteiger partial charge is 0.392 e. The third-order valence-corrected chi connectivity index (χ3v) is 4.06. The maximum Gasteiger partial charge on any atom is 0.0681 e. The topological polar surface area (TPSA) is 23.5 Å². The summed E-state index contributed by atoms with van der Waals surface area (Å²) in [4.78, 5) is 2.40. The van der Waals surface area contributed by atoms with Gasteiger partial charge in [-0.3, -0.25) is 0 Å². The first kappa shape index (κ1) is 12.4. The molecule has 1 aromatic carbocycles. The molecule has 0 heterocycles. The Morgan fingerprint density at radius 1 is 1.12 bits per heavy atom. The second-order valence-corrected chi connectivity index (χ2v) is 5.35. The number of hydrogen-bond acceptors (Lipinski definition) is 2. The fourth-order valence-corrected chi connectivity index (χ4v) is 2.68. The number of rotatable bonds is 3. The molecule has 0 amide bonds. The number of benzene rings is 1. The molecule has 0 saturated heterocycles. The van der Waals surface area contributed by atoms with Gasteiger partial charge in [0.05, 0.1) is 6.61 Å². The number of aliphatic hydroxyl groups excluding tert-OH is 1. The lowest BCUT2D eigenvalue weighted by atomic mass is 9.86. The van der Waals surface area contributed by atoms with Crippen LogP contribution in [0.1, 0.15) is 38.2 Å². The van der Waals surface area contributed by atoms with Gasteiger partial charge in [-0.2, -0.15) is 0 Å². The monoisotopic (exact) mass is 233 g/mol. The fraction of sp³-hybridized carbons (Fsp3) is 0.600. The van der Waals surface area contributed by atoms with E-state index in [0.717, 1.165) is 11.5 Å². The third-order valence-electron chi connectivity index (χ3n) is 4.06. The van der Waals surface area contributed by atoms with Crippen LogP contribution in [0, 0.1) is 5.92 Å². The number of aliphatic hydroxyl groups is 1. The lowest BCUT2D eigenvalue weighted by molar-refractivity contribution is 0.282. The number of anilines is 1. The maximum absolute atomic E-state index is 9.03. The molecule has 2 heteroatoms. The van der Waals surface area contributed by atoms with Crippen LogP contribution in [0.4, 0.5) is 5.69 Å². The Balaban J connectivity index is 2.00. The van der Waals surface area contributed by atoms with Gasteiger partial charge < -0.3 is 10.0 Å². The van der Waals surface area contributed by atoms with Gasteiger partial charge in [-0.15, -0.1) is 0 Å². The highest BCUT2D eigenvalue weighted by molar-refractivity contribution is 5.47. The Morgan fingerprint density at radius 2 is 1.71 bits per heavy atom. The summed E-state index contributed by atoms with van der Waals surface area (Å²) in [7, 11) is 2.19. The first-order chi connectivity index (χ1) is 8.20. The highest BCUT2D eigenvalue weighted by Gasteiger charge is 2.21. The van der Waals surface area contributed by atoms with E-state index in [1.807, 2.05) is 12.1 Å². The first-order valence-corrected chi connectivity index (χ1v) is 6.63. The predicted octanol–water partition coefficient (Wildman–Crippen LogP) is 3.19. The molecule has 17 heavy (non-hydrogen) atoms. The summed E-state index contributed by atoms with van der Waals surface area (Å²) in [5.41, 5.74) is 2.25. The van der Waals surface area contributed by atoms with Crippen LogP contribution in [0.5, 0.6) is 0 Å². The molecule has 0 unspecified atom stereocenters. The van der Waals surface area contributed by atoms with Crippen LogP contribution in [0.15, 0.2) is 24.3 Å². The summed E-state index contributed by atoms with van der Waals surface area (Å²) < 4.78 is 0. The number of nitrogens with zero attached hydrogens (tertiary/aromatic N) is 1. The van der Waals surface area contributed by atoms with Crippen molar-refractivity contribution in [1.82, 2.24) is 0 Å². The molecule has 2 rings (SSSR count). The fourth-order valence-electron chi connectivity index (χ4n) is 2.68. The van der Waals surface area contributed by atoms with E-state index < -0.39 is 0 Å². The van der Waals surface area contributed by atoms with Crippen LogP contribution in [0.25, 0.3) is 0 Å². The molecule has 1 aliphatic rings. The van der Waals surface area contributed by atoms with Gasteiger partial charge in [-0.1, -0.05) is 19.1 Å². The molecule has 2 nitrogen and oxygen atoms in total. The third kappa shape index (κ3) is 3.01. The van der Waals surface area contributed by atoms with Crippen molar-refractivity contribution in [2.45, 2.75) is 45.3 Å². The van der Waals surface area contributed by atoms with Gasteiger partial charge >= 0.3 is 0 Å². The van der Waals surface area contributed by atoms with Gasteiger partial charge in [0, 0.05) is 18.8 Å². The van der Waals surface area contributed by atoms with E-state index in [1.165, 1.54) is 31.4 Å². The van der Waals surface area contributed by atoms with E-state index in [9.17, 15) is 0 Å². The van der Waals surface area contributed by atoms with Crippen molar-refractivity contribution in [1.29, 1.82) is 0 Å². The van der Waals surface area contributed by atoms with E-state index in [1.54, 1.807) is 0 Å². The Labute approximate surface area is 104 Å². The van der Waals surface area contributed by atoms with Gasteiger partial charge in [0.25, 0.3) is 0 Å². The standard InChI is InChI=1S/C15H23NO/c1-12-3-7-14(8-4-12)16(2)15-9-5-13(11-17)6-10-15/h5-6,9-10,12,14,17H,3-4,7-8,11H2,1-2H3. The van der Waals surface area contributed by atoms with E-state index in [2.05, 4.69) is 31.0 Å². The lowest BCUT2D eigenvalue weighted by Crippen LogP contribution is -2.34. The molecular weight excluding hydrogens is 210 g/mol. The molecular formula is C15H23NO. The Morgan fingerprint density at radius 3 is 2.24 bits per heavy atom. The quantitative estimate of drug-likeness (QED) is 0.866. The van der Waals surface area contributed by atoms with Gasteiger partial charge in [0.2, 0.25) is 0 Å².